The minimum absolute atomic E-state index is 0.131. The highest BCUT2D eigenvalue weighted by atomic mass is 16.3. The number of hydrogen-bond donors (Lipinski definition) is 1. The number of nitrogens with zero attached hydrogens (tertiary/aromatic N) is 1. The van der Waals surface area contributed by atoms with Crippen LogP contribution in [0.4, 0.5) is 0 Å². The van der Waals surface area contributed by atoms with E-state index < -0.39 is 6.10 Å². The molecule has 15 heavy (non-hydrogen) atoms. The third-order valence-corrected chi connectivity index (χ3v) is 2.44. The fraction of sp³-hybridized carbons (Fsp3) is 0.917. The van der Waals surface area contributed by atoms with Crippen molar-refractivity contribution < 1.29 is 9.90 Å². The lowest BCUT2D eigenvalue weighted by Gasteiger charge is -2.23. The summed E-state index contributed by atoms with van der Waals surface area (Å²) < 4.78 is 0. The molecule has 0 aromatic heterocycles. The summed E-state index contributed by atoms with van der Waals surface area (Å²) in [6.07, 6.45) is 4.74. The van der Waals surface area contributed by atoms with Crippen molar-refractivity contribution in [1.29, 1.82) is 0 Å². The Morgan fingerprint density at radius 3 is 2.27 bits per heavy atom. The first-order valence-corrected chi connectivity index (χ1v) is 6.10. The molecule has 0 fully saturated rings. The molecule has 0 aliphatic carbocycles. The number of carbonyl (C=O) groups is 1. The minimum Gasteiger partial charge on any atom is -0.384 e. The molecule has 0 bridgehead atoms. The monoisotopic (exact) mass is 215 g/mol. The molecular formula is C12H25NO2. The predicted molar refractivity (Wildman–Crippen MR) is 62.7 cm³/mol. The fourth-order valence-corrected chi connectivity index (χ4v) is 1.60. The van der Waals surface area contributed by atoms with E-state index in [1.807, 2.05) is 6.92 Å². The van der Waals surface area contributed by atoms with Crippen molar-refractivity contribution >= 4 is 5.91 Å². The lowest BCUT2D eigenvalue weighted by molar-refractivity contribution is -0.139. The molecule has 1 N–H and O–H groups in total. The molecule has 3 nitrogen and oxygen atoms in total. The van der Waals surface area contributed by atoms with Gasteiger partial charge >= 0.3 is 0 Å². The molecule has 0 spiro atoms. The maximum absolute atomic E-state index is 11.6. The van der Waals surface area contributed by atoms with Crippen LogP contribution in [0.3, 0.4) is 0 Å². The van der Waals surface area contributed by atoms with Gasteiger partial charge in [-0.15, -0.1) is 0 Å². The van der Waals surface area contributed by atoms with Crippen molar-refractivity contribution in [3.63, 3.8) is 0 Å². The van der Waals surface area contributed by atoms with Crippen LogP contribution < -0.4 is 0 Å². The van der Waals surface area contributed by atoms with Gasteiger partial charge < -0.3 is 10.0 Å². The van der Waals surface area contributed by atoms with Gasteiger partial charge in [0.1, 0.15) is 6.10 Å². The zero-order valence-corrected chi connectivity index (χ0v) is 10.3. The largest absolute Gasteiger partial charge is 0.384 e. The van der Waals surface area contributed by atoms with E-state index in [9.17, 15) is 9.90 Å². The molecule has 0 saturated heterocycles. The molecule has 0 rings (SSSR count). The van der Waals surface area contributed by atoms with E-state index in [4.69, 9.17) is 0 Å². The molecular weight excluding hydrogens is 190 g/mol. The molecule has 0 aliphatic heterocycles. The lowest BCUT2D eigenvalue weighted by atomic mass is 10.2. The lowest BCUT2D eigenvalue weighted by Crippen LogP contribution is -2.38. The summed E-state index contributed by atoms with van der Waals surface area (Å²) in [5, 5.41) is 9.23. The Bertz CT molecular complexity index is 169. The van der Waals surface area contributed by atoms with Crippen LogP contribution in [-0.4, -0.2) is 35.1 Å². The van der Waals surface area contributed by atoms with Crippen LogP contribution >= 0.6 is 0 Å². The van der Waals surface area contributed by atoms with Gasteiger partial charge in [0, 0.05) is 13.1 Å². The Hall–Kier alpha value is -0.570. The molecule has 0 radical (unpaired) electrons. The molecule has 0 aromatic rings. The molecule has 90 valence electrons. The number of aliphatic hydroxyl groups excluding tert-OH is 1. The number of carbonyl (C=O) groups excluding carboxylic acids is 1. The Labute approximate surface area is 93.5 Å². The number of rotatable bonds is 8. The van der Waals surface area contributed by atoms with Gasteiger partial charge in [0.25, 0.3) is 5.91 Å². The van der Waals surface area contributed by atoms with Gasteiger partial charge in [0.15, 0.2) is 0 Å². The molecule has 0 saturated carbocycles. The molecule has 0 heterocycles. The second kappa shape index (κ2) is 8.72. The first-order valence-electron chi connectivity index (χ1n) is 6.10. The van der Waals surface area contributed by atoms with E-state index in [0.717, 1.165) is 25.9 Å². The quantitative estimate of drug-likeness (QED) is 0.630. The van der Waals surface area contributed by atoms with Crippen molar-refractivity contribution in [2.45, 2.75) is 59.0 Å². The van der Waals surface area contributed by atoms with Crippen molar-refractivity contribution in [3.05, 3.63) is 0 Å². The van der Waals surface area contributed by atoms with E-state index in [1.165, 1.54) is 26.2 Å². The maximum atomic E-state index is 11.6. The van der Waals surface area contributed by atoms with E-state index in [1.54, 1.807) is 4.90 Å². The van der Waals surface area contributed by atoms with Crippen LogP contribution in [0.1, 0.15) is 52.9 Å². The van der Waals surface area contributed by atoms with Gasteiger partial charge in [-0.2, -0.15) is 0 Å². The zero-order valence-electron chi connectivity index (χ0n) is 10.3. The first kappa shape index (κ1) is 14.4. The van der Waals surface area contributed by atoms with Crippen LogP contribution in [-0.2, 0) is 4.79 Å². The van der Waals surface area contributed by atoms with E-state index in [2.05, 4.69) is 6.92 Å². The summed E-state index contributed by atoms with van der Waals surface area (Å²) >= 11 is 0. The Morgan fingerprint density at radius 2 is 1.80 bits per heavy atom. The molecule has 3 heteroatoms. The highest BCUT2D eigenvalue weighted by Crippen LogP contribution is 2.04. The van der Waals surface area contributed by atoms with Gasteiger partial charge in [-0.1, -0.05) is 33.1 Å². The number of unbranched alkanes of at least 4 members (excludes halogenated alkanes) is 3. The van der Waals surface area contributed by atoms with Gasteiger partial charge in [-0.25, -0.2) is 0 Å². The summed E-state index contributed by atoms with van der Waals surface area (Å²) in [5.41, 5.74) is 0. The molecule has 1 atom stereocenters. The van der Waals surface area contributed by atoms with Crippen LogP contribution in [0.2, 0.25) is 0 Å². The Morgan fingerprint density at radius 1 is 1.13 bits per heavy atom. The SMILES string of the molecule is CCCCCCN(CCC)C(=O)C(C)O. The van der Waals surface area contributed by atoms with Crippen molar-refractivity contribution in [1.82, 2.24) is 4.90 Å². The van der Waals surface area contributed by atoms with Crippen LogP contribution in [0, 0.1) is 0 Å². The third kappa shape index (κ3) is 6.50. The van der Waals surface area contributed by atoms with Gasteiger partial charge in [-0.3, -0.25) is 4.79 Å². The normalized spacial score (nSPS) is 12.5. The smallest absolute Gasteiger partial charge is 0.251 e. The molecule has 0 aliphatic rings. The zero-order chi connectivity index (χ0) is 11.7. The van der Waals surface area contributed by atoms with E-state index in [-0.39, 0.29) is 5.91 Å². The van der Waals surface area contributed by atoms with Crippen molar-refractivity contribution in [2.75, 3.05) is 13.1 Å². The summed E-state index contributed by atoms with van der Waals surface area (Å²) in [4.78, 5) is 13.4. The maximum Gasteiger partial charge on any atom is 0.251 e. The fourth-order valence-electron chi connectivity index (χ4n) is 1.60. The van der Waals surface area contributed by atoms with Crippen LogP contribution in [0.15, 0.2) is 0 Å². The third-order valence-electron chi connectivity index (χ3n) is 2.44. The molecule has 1 unspecified atom stereocenters. The molecule has 0 aromatic carbocycles. The van der Waals surface area contributed by atoms with Crippen molar-refractivity contribution in [3.8, 4) is 0 Å². The summed E-state index contributed by atoms with van der Waals surface area (Å²) in [5.74, 6) is -0.131. The average molecular weight is 215 g/mol. The second-order valence-electron chi connectivity index (χ2n) is 4.06. The van der Waals surface area contributed by atoms with Gasteiger partial charge in [0.05, 0.1) is 0 Å². The topological polar surface area (TPSA) is 40.5 Å². The van der Waals surface area contributed by atoms with Gasteiger partial charge in [-0.05, 0) is 19.8 Å². The highest BCUT2D eigenvalue weighted by Gasteiger charge is 2.16. The standard InChI is InChI=1S/C12H25NO2/c1-4-6-7-8-10-13(9-5-2)12(15)11(3)14/h11,14H,4-10H2,1-3H3. The predicted octanol–water partition coefficient (Wildman–Crippen LogP) is 2.19. The molecule has 1 amide bonds. The number of hydrogen-bond acceptors (Lipinski definition) is 2. The minimum atomic E-state index is -0.859. The van der Waals surface area contributed by atoms with Crippen LogP contribution in [0.5, 0.6) is 0 Å². The second-order valence-corrected chi connectivity index (χ2v) is 4.06. The average Bonchev–Trinajstić information content (AvgIpc) is 2.21. The van der Waals surface area contributed by atoms with Gasteiger partial charge in [0.2, 0.25) is 0 Å². The Balaban J connectivity index is 3.87. The van der Waals surface area contributed by atoms with E-state index in [0.29, 0.717) is 0 Å². The van der Waals surface area contributed by atoms with E-state index >= 15 is 0 Å². The highest BCUT2D eigenvalue weighted by molar-refractivity contribution is 5.80. The Kier molecular flexibility index (Phi) is 8.38. The first-order chi connectivity index (χ1) is 7.13. The summed E-state index contributed by atoms with van der Waals surface area (Å²) in [6, 6.07) is 0. The number of aliphatic hydroxyl groups is 1. The number of amides is 1. The summed E-state index contributed by atoms with van der Waals surface area (Å²) in [6.45, 7) is 7.31. The van der Waals surface area contributed by atoms with Crippen molar-refractivity contribution in [2.24, 2.45) is 0 Å². The summed E-state index contributed by atoms with van der Waals surface area (Å²) in [7, 11) is 0. The van der Waals surface area contributed by atoms with Crippen LogP contribution in [0.25, 0.3) is 0 Å².